The number of rotatable bonds is 8. The molecule has 0 unspecified atom stereocenters. The van der Waals surface area contributed by atoms with Crippen molar-refractivity contribution in [2.24, 2.45) is 0 Å². The maximum Gasteiger partial charge on any atom is 0.337 e. The van der Waals surface area contributed by atoms with E-state index >= 15 is 0 Å². The minimum Gasteiger partial charge on any atom is -0.487 e. The molecule has 0 fully saturated rings. The number of pyridine rings is 1. The van der Waals surface area contributed by atoms with E-state index in [4.69, 9.17) is 4.74 Å². The molecular formula is C29H26FNO3. The van der Waals surface area contributed by atoms with Crippen molar-refractivity contribution in [2.75, 3.05) is 0 Å². The molecule has 172 valence electrons. The van der Waals surface area contributed by atoms with Gasteiger partial charge in [0.05, 0.1) is 17.0 Å². The van der Waals surface area contributed by atoms with Crippen LogP contribution in [-0.2, 0) is 13.0 Å². The summed E-state index contributed by atoms with van der Waals surface area (Å²) in [6.07, 6.45) is 0.821. The molecule has 0 saturated carbocycles. The van der Waals surface area contributed by atoms with Crippen LogP contribution < -0.4 is 4.74 Å². The maximum atomic E-state index is 14.5. The van der Waals surface area contributed by atoms with Crippen molar-refractivity contribution in [2.45, 2.75) is 32.8 Å². The molecule has 0 aliphatic heterocycles. The highest BCUT2D eigenvalue weighted by Crippen LogP contribution is 2.32. The molecule has 1 aromatic heterocycles. The minimum absolute atomic E-state index is 0.00304. The van der Waals surface area contributed by atoms with E-state index in [1.165, 1.54) is 17.7 Å². The molecule has 5 heteroatoms. The molecule has 0 spiro atoms. The van der Waals surface area contributed by atoms with Crippen LogP contribution in [0.25, 0.3) is 11.1 Å². The number of carboxylic acids is 1. The number of hydrogen-bond acceptors (Lipinski definition) is 3. The molecule has 0 amide bonds. The molecule has 4 nitrogen and oxygen atoms in total. The van der Waals surface area contributed by atoms with Gasteiger partial charge in [-0.3, -0.25) is 4.98 Å². The van der Waals surface area contributed by atoms with Gasteiger partial charge in [-0.1, -0.05) is 74.5 Å². The van der Waals surface area contributed by atoms with E-state index < -0.39 is 11.8 Å². The van der Waals surface area contributed by atoms with Gasteiger partial charge in [-0.15, -0.1) is 0 Å². The largest absolute Gasteiger partial charge is 0.487 e. The summed E-state index contributed by atoms with van der Waals surface area (Å²) in [5, 5.41) is 9.82. The summed E-state index contributed by atoms with van der Waals surface area (Å²) in [6, 6.07) is 25.8. The number of benzene rings is 3. The predicted molar refractivity (Wildman–Crippen MR) is 131 cm³/mol. The summed E-state index contributed by atoms with van der Waals surface area (Å²) in [4.78, 5) is 16.6. The fourth-order valence-electron chi connectivity index (χ4n) is 3.88. The van der Waals surface area contributed by atoms with Gasteiger partial charge in [0.25, 0.3) is 0 Å². The highest BCUT2D eigenvalue weighted by Gasteiger charge is 2.21. The number of hydrogen-bond donors (Lipinski definition) is 1. The monoisotopic (exact) mass is 455 g/mol. The molecule has 0 saturated heterocycles. The van der Waals surface area contributed by atoms with Gasteiger partial charge in [-0.25, -0.2) is 9.18 Å². The summed E-state index contributed by atoms with van der Waals surface area (Å²) in [6.45, 7) is 3.89. The van der Waals surface area contributed by atoms with Gasteiger partial charge in [0.15, 0.2) is 0 Å². The van der Waals surface area contributed by atoms with Crippen molar-refractivity contribution >= 4 is 5.97 Å². The lowest BCUT2D eigenvalue weighted by molar-refractivity contribution is 0.0693. The first-order valence-corrected chi connectivity index (χ1v) is 11.2. The second-order valence-electron chi connectivity index (χ2n) is 8.45. The fourth-order valence-corrected chi connectivity index (χ4v) is 3.88. The number of carbonyl (C=O) groups is 1. The van der Waals surface area contributed by atoms with Crippen molar-refractivity contribution < 1.29 is 19.0 Å². The second-order valence-corrected chi connectivity index (χ2v) is 8.45. The Kier molecular flexibility index (Phi) is 7.02. The highest BCUT2D eigenvalue weighted by molar-refractivity contribution is 5.91. The van der Waals surface area contributed by atoms with Crippen molar-refractivity contribution in [3.63, 3.8) is 0 Å². The lowest BCUT2D eigenvalue weighted by Crippen LogP contribution is -2.12. The zero-order valence-electron chi connectivity index (χ0n) is 19.2. The predicted octanol–water partition coefficient (Wildman–Crippen LogP) is 6.88. The summed E-state index contributed by atoms with van der Waals surface area (Å²) in [7, 11) is 0. The van der Waals surface area contributed by atoms with Crippen LogP contribution >= 0.6 is 0 Å². The number of ether oxygens (including phenoxy) is 1. The Morgan fingerprint density at radius 3 is 2.21 bits per heavy atom. The molecule has 3 aromatic carbocycles. The molecule has 34 heavy (non-hydrogen) atoms. The van der Waals surface area contributed by atoms with Gasteiger partial charge < -0.3 is 9.84 Å². The lowest BCUT2D eigenvalue weighted by Gasteiger charge is -2.17. The molecule has 4 rings (SSSR count). The molecule has 0 aliphatic carbocycles. The van der Waals surface area contributed by atoms with Crippen molar-refractivity contribution in [3.8, 4) is 16.9 Å². The molecule has 1 N–H and O–H groups in total. The second kappa shape index (κ2) is 10.3. The van der Waals surface area contributed by atoms with Gasteiger partial charge in [-0.2, -0.15) is 0 Å². The van der Waals surface area contributed by atoms with Crippen molar-refractivity contribution in [3.05, 3.63) is 119 Å². The first kappa shape index (κ1) is 23.2. The van der Waals surface area contributed by atoms with E-state index in [9.17, 15) is 14.3 Å². The Labute approximate surface area is 198 Å². The zero-order chi connectivity index (χ0) is 24.1. The van der Waals surface area contributed by atoms with Crippen molar-refractivity contribution in [1.29, 1.82) is 0 Å². The molecule has 0 atom stereocenters. The molecule has 1 heterocycles. The Bertz CT molecular complexity index is 1280. The van der Waals surface area contributed by atoms with Gasteiger partial charge in [0.1, 0.15) is 18.2 Å². The average molecular weight is 456 g/mol. The van der Waals surface area contributed by atoms with Crippen molar-refractivity contribution in [1.82, 2.24) is 4.98 Å². The van der Waals surface area contributed by atoms with E-state index in [1.54, 1.807) is 18.2 Å². The summed E-state index contributed by atoms with van der Waals surface area (Å²) in [5.74, 6) is -0.952. The van der Waals surface area contributed by atoms with Crippen LogP contribution in [-0.4, -0.2) is 16.1 Å². The normalized spacial score (nSPS) is 10.9. The van der Waals surface area contributed by atoms with Gasteiger partial charge in [0.2, 0.25) is 0 Å². The Morgan fingerprint density at radius 2 is 1.56 bits per heavy atom. The molecule has 0 aliphatic rings. The topological polar surface area (TPSA) is 59.4 Å². The van der Waals surface area contributed by atoms with Crippen LogP contribution in [0.4, 0.5) is 4.39 Å². The summed E-state index contributed by atoms with van der Waals surface area (Å²) in [5.41, 5.74) is 4.14. The Morgan fingerprint density at radius 1 is 0.912 bits per heavy atom. The molecule has 0 radical (unpaired) electrons. The van der Waals surface area contributed by atoms with E-state index in [1.807, 2.05) is 56.3 Å². The molecule has 0 bridgehead atoms. The summed E-state index contributed by atoms with van der Waals surface area (Å²) < 4.78 is 20.4. The van der Waals surface area contributed by atoms with E-state index in [2.05, 4.69) is 17.1 Å². The van der Waals surface area contributed by atoms with E-state index in [0.29, 0.717) is 28.3 Å². The first-order valence-electron chi connectivity index (χ1n) is 11.2. The lowest BCUT2D eigenvalue weighted by atomic mass is 9.94. The van der Waals surface area contributed by atoms with Crippen LogP contribution in [0.2, 0.25) is 0 Å². The van der Waals surface area contributed by atoms with Crippen LogP contribution in [0.3, 0.4) is 0 Å². The molecule has 4 aromatic rings. The smallest absolute Gasteiger partial charge is 0.337 e. The molecular weight excluding hydrogens is 429 g/mol. The Balaban J connectivity index is 1.58. The number of halogens is 1. The van der Waals surface area contributed by atoms with Crippen LogP contribution in [0.5, 0.6) is 5.75 Å². The number of aromatic nitrogens is 1. The third-order valence-corrected chi connectivity index (χ3v) is 5.62. The number of nitrogens with zero attached hydrogens (tertiary/aromatic N) is 1. The van der Waals surface area contributed by atoms with Crippen LogP contribution in [0, 0.1) is 5.82 Å². The minimum atomic E-state index is -1.13. The quantitative estimate of drug-likeness (QED) is 0.315. The van der Waals surface area contributed by atoms with Crippen LogP contribution in [0.1, 0.15) is 52.6 Å². The van der Waals surface area contributed by atoms with Gasteiger partial charge >= 0.3 is 5.97 Å². The fraction of sp³-hybridized carbons (Fsp3) is 0.172. The first-order chi connectivity index (χ1) is 16.4. The maximum absolute atomic E-state index is 14.5. The highest BCUT2D eigenvalue weighted by atomic mass is 19.1. The van der Waals surface area contributed by atoms with E-state index in [0.717, 1.165) is 12.0 Å². The van der Waals surface area contributed by atoms with Gasteiger partial charge in [0, 0.05) is 11.1 Å². The van der Waals surface area contributed by atoms with E-state index in [-0.39, 0.29) is 18.1 Å². The van der Waals surface area contributed by atoms with Crippen LogP contribution in [0.15, 0.2) is 84.9 Å². The SMILES string of the molecule is CC(C)c1nc(COc2ccc(Cc3ccccc3)cc2)c(C(=O)O)cc1-c1ccccc1F. The summed E-state index contributed by atoms with van der Waals surface area (Å²) >= 11 is 0. The standard InChI is InChI=1S/C29H26FNO3/c1-19(2)28-24(23-10-6-7-11-26(23)30)17-25(29(32)33)27(31-28)18-34-22-14-12-21(13-15-22)16-20-8-4-3-5-9-20/h3-15,17,19H,16,18H2,1-2H3,(H,32,33). The Hall–Kier alpha value is -3.99. The third kappa shape index (κ3) is 5.31. The number of carboxylic acid groups (broad SMARTS) is 1. The van der Waals surface area contributed by atoms with Gasteiger partial charge in [-0.05, 0) is 47.7 Å². The number of aromatic carboxylic acids is 1. The third-order valence-electron chi connectivity index (χ3n) is 5.62. The zero-order valence-corrected chi connectivity index (χ0v) is 19.2. The average Bonchev–Trinajstić information content (AvgIpc) is 2.84.